The first kappa shape index (κ1) is 12.6. The van der Waals surface area contributed by atoms with E-state index in [9.17, 15) is 23.2 Å². The Kier molecular flexibility index (Phi) is 2.70. The number of fused-ring (bicyclic) bond motifs is 1. The topological polar surface area (TPSA) is 68.5 Å². The molecule has 0 atom stereocenters. The Hall–Kier alpha value is -2.44. The molecule has 3 rings (SSSR count). The van der Waals surface area contributed by atoms with Crippen LogP contribution in [-0.2, 0) is 0 Å². The highest BCUT2D eigenvalue weighted by atomic mass is 19.2. The average Bonchev–Trinajstić information content (AvgIpc) is 3.26. The van der Waals surface area contributed by atoms with Gasteiger partial charge in [-0.25, -0.2) is 13.8 Å². The van der Waals surface area contributed by atoms with Gasteiger partial charge in [0.25, 0.3) is 5.56 Å². The van der Waals surface area contributed by atoms with Crippen LogP contribution >= 0.6 is 0 Å². The van der Waals surface area contributed by atoms with E-state index < -0.39 is 22.8 Å². The van der Waals surface area contributed by atoms with E-state index in [1.807, 2.05) is 0 Å². The number of nitrogens with zero attached hydrogens (tertiary/aromatic N) is 2. The summed E-state index contributed by atoms with van der Waals surface area (Å²) in [5.74, 6) is -2.69. The average molecular weight is 278 g/mol. The Balaban J connectivity index is 2.56. The maximum Gasteiger partial charge on any atom is 0.284 e. The summed E-state index contributed by atoms with van der Waals surface area (Å²) >= 11 is 0. The van der Waals surface area contributed by atoms with Crippen molar-refractivity contribution in [3.05, 3.63) is 45.1 Å². The van der Waals surface area contributed by atoms with Crippen LogP contribution in [0.4, 0.5) is 8.78 Å². The van der Waals surface area contributed by atoms with E-state index in [-0.39, 0.29) is 35.4 Å². The van der Waals surface area contributed by atoms with E-state index in [2.05, 4.69) is 4.98 Å². The second kappa shape index (κ2) is 4.29. The van der Waals surface area contributed by atoms with Crippen molar-refractivity contribution in [1.29, 1.82) is 0 Å². The van der Waals surface area contributed by atoms with Crippen LogP contribution in [0, 0.1) is 11.6 Å². The quantitative estimate of drug-likeness (QED) is 0.797. The summed E-state index contributed by atoms with van der Waals surface area (Å²) in [7, 11) is 0. The minimum atomic E-state index is -1.33. The zero-order valence-corrected chi connectivity index (χ0v) is 10.1. The van der Waals surface area contributed by atoms with E-state index in [0.29, 0.717) is 6.20 Å². The summed E-state index contributed by atoms with van der Waals surface area (Å²) < 4.78 is 27.9. The molecule has 0 spiro atoms. The fourth-order valence-electron chi connectivity index (χ4n) is 2.20. The highest BCUT2D eigenvalue weighted by Gasteiger charge is 2.31. The van der Waals surface area contributed by atoms with Crippen LogP contribution in [0.3, 0.4) is 0 Å². The Morgan fingerprint density at radius 2 is 1.95 bits per heavy atom. The lowest BCUT2D eigenvalue weighted by Gasteiger charge is -2.10. The lowest BCUT2D eigenvalue weighted by Crippen LogP contribution is -2.24. The van der Waals surface area contributed by atoms with Crippen molar-refractivity contribution >= 4 is 18.1 Å². The number of halogens is 2. The predicted molar refractivity (Wildman–Crippen MR) is 64.1 cm³/mol. The molecule has 0 N–H and O–H groups in total. The van der Waals surface area contributed by atoms with Crippen molar-refractivity contribution in [1.82, 2.24) is 9.38 Å². The van der Waals surface area contributed by atoms with E-state index in [1.165, 1.54) is 0 Å². The number of hydrogen-bond donors (Lipinski definition) is 0. The lowest BCUT2D eigenvalue weighted by atomic mass is 10.1. The first-order valence-corrected chi connectivity index (χ1v) is 5.93. The maximum atomic E-state index is 13.7. The third-order valence-corrected chi connectivity index (χ3v) is 3.30. The fraction of sp³-hybridized carbons (Fsp3) is 0.231. The van der Waals surface area contributed by atoms with Crippen LogP contribution < -0.4 is 5.56 Å². The second-order valence-corrected chi connectivity index (χ2v) is 4.62. The van der Waals surface area contributed by atoms with Gasteiger partial charge in [-0.1, -0.05) is 0 Å². The number of aromatic nitrogens is 2. The third kappa shape index (κ3) is 1.66. The van der Waals surface area contributed by atoms with Gasteiger partial charge in [0.15, 0.2) is 29.9 Å². The van der Waals surface area contributed by atoms with Crippen molar-refractivity contribution < 1.29 is 18.4 Å². The highest BCUT2D eigenvalue weighted by Crippen LogP contribution is 2.41. The Bertz CT molecular complexity index is 810. The van der Waals surface area contributed by atoms with Crippen LogP contribution in [0.25, 0.3) is 5.52 Å². The Morgan fingerprint density at radius 3 is 2.50 bits per heavy atom. The molecule has 2 aromatic rings. The van der Waals surface area contributed by atoms with Gasteiger partial charge >= 0.3 is 0 Å². The Labute approximate surface area is 110 Å². The SMILES string of the molecule is O=Cc1nc(C2CC2)c2c(C=O)c(F)c(F)cn2c1=O. The molecule has 1 fully saturated rings. The van der Waals surface area contributed by atoms with Crippen molar-refractivity contribution in [3.8, 4) is 0 Å². The summed E-state index contributed by atoms with van der Waals surface area (Å²) in [6.45, 7) is 0. The van der Waals surface area contributed by atoms with Crippen molar-refractivity contribution in [2.24, 2.45) is 0 Å². The first-order valence-electron chi connectivity index (χ1n) is 5.93. The molecule has 2 aromatic heterocycles. The molecule has 0 bridgehead atoms. The fourth-order valence-corrected chi connectivity index (χ4v) is 2.20. The maximum absolute atomic E-state index is 13.7. The minimum absolute atomic E-state index is 0.0483. The molecule has 20 heavy (non-hydrogen) atoms. The summed E-state index contributed by atoms with van der Waals surface area (Å²) in [6, 6.07) is 0. The van der Waals surface area contributed by atoms with Gasteiger partial charge in [-0.2, -0.15) is 0 Å². The van der Waals surface area contributed by atoms with Crippen molar-refractivity contribution in [3.63, 3.8) is 0 Å². The summed E-state index contributed by atoms with van der Waals surface area (Å²) in [6.07, 6.45) is 2.58. The van der Waals surface area contributed by atoms with Gasteiger partial charge < -0.3 is 0 Å². The van der Waals surface area contributed by atoms with Crippen molar-refractivity contribution in [2.75, 3.05) is 0 Å². The third-order valence-electron chi connectivity index (χ3n) is 3.30. The molecule has 1 aliphatic carbocycles. The molecular formula is C13H8F2N2O3. The molecule has 0 amide bonds. The van der Waals surface area contributed by atoms with Gasteiger partial charge in [0, 0.05) is 5.92 Å². The van der Waals surface area contributed by atoms with E-state index in [1.54, 1.807) is 0 Å². The van der Waals surface area contributed by atoms with Gasteiger partial charge in [0.1, 0.15) is 0 Å². The number of carbonyl (C=O) groups is 2. The van der Waals surface area contributed by atoms with Crippen LogP contribution in [0.5, 0.6) is 0 Å². The van der Waals surface area contributed by atoms with Crippen LogP contribution in [0.1, 0.15) is 45.3 Å². The largest absolute Gasteiger partial charge is 0.298 e. The molecule has 0 saturated heterocycles. The molecule has 0 unspecified atom stereocenters. The van der Waals surface area contributed by atoms with Crippen molar-refractivity contribution in [2.45, 2.75) is 18.8 Å². The molecule has 0 aliphatic heterocycles. The smallest absolute Gasteiger partial charge is 0.284 e. The monoisotopic (exact) mass is 278 g/mol. The van der Waals surface area contributed by atoms with E-state index in [4.69, 9.17) is 0 Å². The first-order chi connectivity index (χ1) is 9.58. The van der Waals surface area contributed by atoms with Gasteiger partial charge in [0.05, 0.1) is 23.0 Å². The number of rotatable bonds is 3. The Morgan fingerprint density at radius 1 is 1.25 bits per heavy atom. The minimum Gasteiger partial charge on any atom is -0.298 e. The number of aldehydes is 2. The zero-order valence-electron chi connectivity index (χ0n) is 10.1. The second-order valence-electron chi connectivity index (χ2n) is 4.62. The molecule has 1 aliphatic rings. The predicted octanol–water partition coefficient (Wildman–Crippen LogP) is 1.48. The molecule has 0 radical (unpaired) electrons. The molecular weight excluding hydrogens is 270 g/mol. The lowest BCUT2D eigenvalue weighted by molar-refractivity contribution is 0.111. The number of pyridine rings is 1. The van der Waals surface area contributed by atoms with Crippen LogP contribution in [0.2, 0.25) is 0 Å². The highest BCUT2D eigenvalue weighted by molar-refractivity contribution is 5.88. The summed E-state index contributed by atoms with van der Waals surface area (Å²) in [5.41, 5.74) is -1.58. The summed E-state index contributed by atoms with van der Waals surface area (Å²) in [4.78, 5) is 37.8. The standard InChI is InChI=1S/C13H8F2N2O3/c14-8-3-17-12(7(4-18)10(8)15)11(6-1-2-6)16-9(5-19)13(17)20/h3-6H,1-2H2. The summed E-state index contributed by atoms with van der Waals surface area (Å²) in [5, 5.41) is 0. The molecule has 2 heterocycles. The molecule has 7 heteroatoms. The number of hydrogen-bond acceptors (Lipinski definition) is 4. The normalized spacial score (nSPS) is 14.5. The zero-order chi connectivity index (χ0) is 14.4. The van der Waals surface area contributed by atoms with Gasteiger partial charge in [0.2, 0.25) is 0 Å². The van der Waals surface area contributed by atoms with Crippen LogP contribution in [0.15, 0.2) is 11.0 Å². The van der Waals surface area contributed by atoms with Gasteiger partial charge in [-0.05, 0) is 12.8 Å². The molecule has 5 nitrogen and oxygen atoms in total. The molecule has 0 aromatic carbocycles. The van der Waals surface area contributed by atoms with Crippen LogP contribution in [-0.4, -0.2) is 22.0 Å². The molecule has 1 saturated carbocycles. The molecule has 102 valence electrons. The van der Waals surface area contributed by atoms with E-state index >= 15 is 0 Å². The van der Waals surface area contributed by atoms with Gasteiger partial charge in [-0.15, -0.1) is 0 Å². The van der Waals surface area contributed by atoms with E-state index in [0.717, 1.165) is 17.2 Å². The number of carbonyl (C=O) groups excluding carboxylic acids is 2. The van der Waals surface area contributed by atoms with Gasteiger partial charge in [-0.3, -0.25) is 18.8 Å².